The third kappa shape index (κ3) is 4.66. The molecule has 0 aromatic heterocycles. The number of carbonyl (C=O) groups is 1. The summed E-state index contributed by atoms with van der Waals surface area (Å²) in [6, 6.07) is 4.15. The maximum atomic E-state index is 12.6. The summed E-state index contributed by atoms with van der Waals surface area (Å²) in [7, 11) is 0. The lowest BCUT2D eigenvalue weighted by atomic mass is 10.1. The summed E-state index contributed by atoms with van der Waals surface area (Å²) in [5, 5.41) is 11.3. The van der Waals surface area contributed by atoms with Crippen molar-refractivity contribution < 1.29 is 23.2 Å². The molecule has 0 heterocycles. The topological polar surface area (TPSA) is 78.9 Å². The number of benzene rings is 1. The molecule has 0 aliphatic carbocycles. The van der Waals surface area contributed by atoms with Crippen molar-refractivity contribution in [1.82, 2.24) is 4.90 Å². The molecule has 0 saturated heterocycles. The van der Waals surface area contributed by atoms with Crippen LogP contribution < -0.4 is 5.73 Å². The van der Waals surface area contributed by atoms with Gasteiger partial charge in [-0.15, -0.1) is 0 Å². The molecule has 1 rings (SSSR count). The van der Waals surface area contributed by atoms with E-state index in [1.165, 1.54) is 17.0 Å². The van der Waals surface area contributed by atoms with E-state index in [0.29, 0.717) is 6.42 Å². The van der Waals surface area contributed by atoms with Crippen molar-refractivity contribution >= 4 is 11.7 Å². The fourth-order valence-corrected chi connectivity index (χ4v) is 1.76. The van der Waals surface area contributed by atoms with Crippen LogP contribution in [-0.2, 0) is 6.18 Å². The van der Waals surface area contributed by atoms with E-state index in [4.69, 9.17) is 10.9 Å². The van der Waals surface area contributed by atoms with Gasteiger partial charge in [0, 0.05) is 12.1 Å². The second kappa shape index (κ2) is 6.96. The van der Waals surface area contributed by atoms with Crippen LogP contribution in [-0.4, -0.2) is 34.9 Å². The summed E-state index contributed by atoms with van der Waals surface area (Å²) < 4.78 is 37.9. The molecule has 0 saturated carbocycles. The van der Waals surface area contributed by atoms with Crippen molar-refractivity contribution in [1.29, 1.82) is 0 Å². The van der Waals surface area contributed by atoms with Gasteiger partial charge in [-0.25, -0.2) is 0 Å². The van der Waals surface area contributed by atoms with Gasteiger partial charge in [0.1, 0.15) is 0 Å². The molecule has 0 aliphatic rings. The van der Waals surface area contributed by atoms with E-state index in [-0.39, 0.29) is 24.5 Å². The van der Waals surface area contributed by atoms with Crippen LogP contribution in [0.2, 0.25) is 0 Å². The van der Waals surface area contributed by atoms with Crippen molar-refractivity contribution in [3.63, 3.8) is 0 Å². The molecule has 0 atom stereocenters. The van der Waals surface area contributed by atoms with Gasteiger partial charge in [-0.2, -0.15) is 13.2 Å². The maximum absolute atomic E-state index is 12.6. The van der Waals surface area contributed by atoms with Gasteiger partial charge >= 0.3 is 6.18 Å². The van der Waals surface area contributed by atoms with Crippen molar-refractivity contribution in [3.8, 4) is 0 Å². The number of alkyl halides is 3. The molecule has 1 aromatic rings. The first-order valence-corrected chi connectivity index (χ1v) is 6.22. The average Bonchev–Trinajstić information content (AvgIpc) is 2.45. The van der Waals surface area contributed by atoms with Crippen LogP contribution >= 0.6 is 0 Å². The van der Waals surface area contributed by atoms with Gasteiger partial charge < -0.3 is 15.8 Å². The Morgan fingerprint density at radius 2 is 2.10 bits per heavy atom. The zero-order chi connectivity index (χ0) is 16.0. The van der Waals surface area contributed by atoms with Crippen LogP contribution in [0, 0.1) is 0 Å². The molecule has 21 heavy (non-hydrogen) atoms. The Morgan fingerprint density at radius 1 is 1.43 bits per heavy atom. The summed E-state index contributed by atoms with van der Waals surface area (Å²) in [6.45, 7) is 1.93. The van der Waals surface area contributed by atoms with E-state index in [9.17, 15) is 18.0 Å². The van der Waals surface area contributed by atoms with Crippen LogP contribution in [0.4, 0.5) is 13.2 Å². The Balaban J connectivity index is 3.03. The normalized spacial score (nSPS) is 12.3. The predicted octanol–water partition coefficient (Wildman–Crippen LogP) is 2.30. The minimum Gasteiger partial charge on any atom is -0.409 e. The van der Waals surface area contributed by atoms with Crippen molar-refractivity contribution in [2.24, 2.45) is 10.9 Å². The first-order chi connectivity index (χ1) is 9.79. The number of hydrogen-bond acceptors (Lipinski definition) is 3. The molecular weight excluding hydrogens is 287 g/mol. The SMILES string of the molecule is CCCN(CC(N)=NO)C(=O)c1cccc(C(F)(F)F)c1. The number of rotatable bonds is 5. The van der Waals surface area contributed by atoms with Crippen LogP contribution in [0.1, 0.15) is 29.3 Å². The third-order valence-corrected chi connectivity index (χ3v) is 2.70. The van der Waals surface area contributed by atoms with E-state index < -0.39 is 17.6 Å². The highest BCUT2D eigenvalue weighted by Gasteiger charge is 2.31. The molecule has 0 radical (unpaired) electrons. The lowest BCUT2D eigenvalue weighted by Crippen LogP contribution is -2.39. The molecular formula is C13H16F3N3O2. The van der Waals surface area contributed by atoms with Gasteiger partial charge in [-0.3, -0.25) is 4.79 Å². The Hall–Kier alpha value is -2.25. The molecule has 0 aliphatic heterocycles. The second-order valence-electron chi connectivity index (χ2n) is 4.40. The predicted molar refractivity (Wildman–Crippen MR) is 71.0 cm³/mol. The minimum absolute atomic E-state index is 0.0935. The van der Waals surface area contributed by atoms with Gasteiger partial charge in [0.15, 0.2) is 5.84 Å². The third-order valence-electron chi connectivity index (χ3n) is 2.70. The molecule has 1 aromatic carbocycles. The smallest absolute Gasteiger partial charge is 0.409 e. The van der Waals surface area contributed by atoms with Gasteiger partial charge in [0.2, 0.25) is 0 Å². The summed E-state index contributed by atoms with van der Waals surface area (Å²) in [5.74, 6) is -0.793. The van der Waals surface area contributed by atoms with Crippen molar-refractivity contribution in [2.75, 3.05) is 13.1 Å². The van der Waals surface area contributed by atoms with Crippen molar-refractivity contribution in [2.45, 2.75) is 19.5 Å². The number of hydrogen-bond donors (Lipinski definition) is 2. The number of halogens is 3. The number of amidine groups is 1. The number of nitrogens with zero attached hydrogens (tertiary/aromatic N) is 2. The first-order valence-electron chi connectivity index (χ1n) is 6.22. The van der Waals surface area contributed by atoms with Crippen LogP contribution in [0.5, 0.6) is 0 Å². The number of carbonyl (C=O) groups excluding carboxylic acids is 1. The Morgan fingerprint density at radius 3 is 2.62 bits per heavy atom. The van der Waals surface area contributed by atoms with Gasteiger partial charge in [0.25, 0.3) is 5.91 Å². The summed E-state index contributed by atoms with van der Waals surface area (Å²) in [6.07, 6.45) is -3.93. The Kier molecular flexibility index (Phi) is 5.57. The molecule has 0 unspecified atom stereocenters. The average molecular weight is 303 g/mol. The van der Waals surface area contributed by atoms with E-state index in [1.54, 1.807) is 6.92 Å². The van der Waals surface area contributed by atoms with Gasteiger partial charge in [0.05, 0.1) is 12.1 Å². The Labute approximate surface area is 119 Å². The summed E-state index contributed by atoms with van der Waals surface area (Å²) in [4.78, 5) is 13.5. The standard InChI is InChI=1S/C13H16F3N3O2/c1-2-6-19(8-11(17)18-21)12(20)9-4-3-5-10(7-9)13(14,15)16/h3-5,7,21H,2,6,8H2,1H3,(H2,17,18). The molecule has 1 amide bonds. The van der Waals surface area contributed by atoms with Gasteiger partial charge in [-0.05, 0) is 24.6 Å². The van der Waals surface area contributed by atoms with Gasteiger partial charge in [-0.1, -0.05) is 18.1 Å². The maximum Gasteiger partial charge on any atom is 0.416 e. The molecule has 116 valence electrons. The van der Waals surface area contributed by atoms with Crippen LogP contribution in [0.25, 0.3) is 0 Å². The summed E-state index contributed by atoms with van der Waals surface area (Å²) in [5.41, 5.74) is 4.36. The van der Waals surface area contributed by atoms with Crippen LogP contribution in [0.15, 0.2) is 29.4 Å². The van der Waals surface area contributed by atoms with E-state index in [2.05, 4.69) is 5.16 Å². The highest BCUT2D eigenvalue weighted by molar-refractivity contribution is 5.97. The molecule has 0 fully saturated rings. The zero-order valence-corrected chi connectivity index (χ0v) is 11.4. The molecule has 5 nitrogen and oxygen atoms in total. The van der Waals surface area contributed by atoms with E-state index >= 15 is 0 Å². The lowest BCUT2D eigenvalue weighted by molar-refractivity contribution is -0.137. The number of nitrogens with two attached hydrogens (primary N) is 1. The lowest BCUT2D eigenvalue weighted by Gasteiger charge is -2.21. The largest absolute Gasteiger partial charge is 0.416 e. The van der Waals surface area contributed by atoms with Crippen molar-refractivity contribution in [3.05, 3.63) is 35.4 Å². The summed E-state index contributed by atoms with van der Waals surface area (Å²) >= 11 is 0. The fourth-order valence-electron chi connectivity index (χ4n) is 1.76. The quantitative estimate of drug-likeness (QED) is 0.379. The van der Waals surface area contributed by atoms with E-state index in [1.807, 2.05) is 0 Å². The highest BCUT2D eigenvalue weighted by Crippen LogP contribution is 2.29. The van der Waals surface area contributed by atoms with Crippen LogP contribution in [0.3, 0.4) is 0 Å². The van der Waals surface area contributed by atoms with E-state index in [0.717, 1.165) is 12.1 Å². The molecule has 8 heteroatoms. The molecule has 3 N–H and O–H groups in total. The first kappa shape index (κ1) is 16.8. The zero-order valence-electron chi connectivity index (χ0n) is 11.4. The highest BCUT2D eigenvalue weighted by atomic mass is 19.4. The number of oxime groups is 1. The second-order valence-corrected chi connectivity index (χ2v) is 4.40. The minimum atomic E-state index is -4.52. The fraction of sp³-hybridized carbons (Fsp3) is 0.385. The monoisotopic (exact) mass is 303 g/mol. The Bertz CT molecular complexity index is 530. The number of amides is 1. The molecule has 0 spiro atoms. The molecule has 0 bridgehead atoms.